The Morgan fingerprint density at radius 3 is 2.85 bits per heavy atom. The third kappa shape index (κ3) is 1.82. The van der Waals surface area contributed by atoms with E-state index in [0.717, 1.165) is 16.9 Å². The number of aromatic nitrogens is 2. The number of imidazole rings is 1. The van der Waals surface area contributed by atoms with Crippen LogP contribution in [0.4, 0.5) is 0 Å². The lowest BCUT2D eigenvalue weighted by Gasteiger charge is -2.12. The number of hydrogen-bond acceptors (Lipinski definition) is 2. The zero-order chi connectivity index (χ0) is 13.7. The van der Waals surface area contributed by atoms with Crippen molar-refractivity contribution in [2.24, 2.45) is 17.8 Å². The van der Waals surface area contributed by atoms with E-state index in [1.807, 2.05) is 31.2 Å². The molecule has 3 atom stereocenters. The van der Waals surface area contributed by atoms with Gasteiger partial charge in [0.05, 0.1) is 17.1 Å². The van der Waals surface area contributed by atoms with E-state index in [2.05, 4.69) is 15.3 Å². The lowest BCUT2D eigenvalue weighted by atomic mass is 10.1. The summed E-state index contributed by atoms with van der Waals surface area (Å²) in [6.07, 6.45) is 3.78. The molecule has 1 aromatic carbocycles. The number of hydrogen-bond donors (Lipinski definition) is 2. The van der Waals surface area contributed by atoms with Crippen LogP contribution in [0, 0.1) is 17.8 Å². The summed E-state index contributed by atoms with van der Waals surface area (Å²) in [5, 5.41) is 3.11. The summed E-state index contributed by atoms with van der Waals surface area (Å²) in [5.41, 5.74) is 1.97. The number of fused-ring (bicyclic) bond motifs is 2. The number of aromatic amines is 1. The fourth-order valence-electron chi connectivity index (χ4n) is 3.77. The van der Waals surface area contributed by atoms with E-state index in [4.69, 9.17) is 0 Å². The number of nitrogens with one attached hydrogen (secondary N) is 2. The van der Waals surface area contributed by atoms with E-state index in [0.29, 0.717) is 11.8 Å². The van der Waals surface area contributed by atoms with Gasteiger partial charge in [-0.2, -0.15) is 0 Å². The second-order valence-corrected chi connectivity index (χ2v) is 6.15. The molecule has 0 saturated heterocycles. The minimum atomic E-state index is -0.0590. The largest absolute Gasteiger partial charge is 0.346 e. The maximum absolute atomic E-state index is 12.3. The monoisotopic (exact) mass is 269 g/mol. The molecule has 20 heavy (non-hydrogen) atoms. The molecule has 4 nitrogen and oxygen atoms in total. The maximum Gasteiger partial charge on any atom is 0.224 e. The van der Waals surface area contributed by atoms with Gasteiger partial charge in [-0.3, -0.25) is 4.79 Å². The van der Waals surface area contributed by atoms with Gasteiger partial charge in [-0.15, -0.1) is 0 Å². The lowest BCUT2D eigenvalue weighted by Crippen LogP contribution is -2.30. The molecule has 0 radical (unpaired) electrons. The molecule has 0 bridgehead atoms. The second kappa shape index (κ2) is 4.33. The van der Waals surface area contributed by atoms with Gasteiger partial charge in [0, 0.05) is 5.92 Å². The van der Waals surface area contributed by atoms with E-state index in [9.17, 15) is 4.79 Å². The van der Waals surface area contributed by atoms with Crippen LogP contribution in [0.15, 0.2) is 24.3 Å². The summed E-state index contributed by atoms with van der Waals surface area (Å²) in [6, 6.07) is 7.89. The van der Waals surface area contributed by atoms with Gasteiger partial charge in [0.1, 0.15) is 5.82 Å². The van der Waals surface area contributed by atoms with Crippen molar-refractivity contribution >= 4 is 16.9 Å². The number of carbonyl (C=O) groups excluding carboxylic acids is 1. The average Bonchev–Trinajstić information content (AvgIpc) is 2.82. The van der Waals surface area contributed by atoms with Crippen molar-refractivity contribution in [3.05, 3.63) is 30.1 Å². The topological polar surface area (TPSA) is 57.8 Å². The predicted octanol–water partition coefficient (Wildman–Crippen LogP) is 2.79. The third-order valence-electron chi connectivity index (χ3n) is 4.89. The number of amides is 1. The summed E-state index contributed by atoms with van der Waals surface area (Å²) in [7, 11) is 0. The fourth-order valence-corrected chi connectivity index (χ4v) is 3.77. The molecule has 2 N–H and O–H groups in total. The van der Waals surface area contributed by atoms with Gasteiger partial charge in [-0.25, -0.2) is 4.98 Å². The summed E-state index contributed by atoms with van der Waals surface area (Å²) >= 11 is 0. The third-order valence-corrected chi connectivity index (χ3v) is 4.89. The van der Waals surface area contributed by atoms with Crippen LogP contribution in [0.5, 0.6) is 0 Å². The smallest absolute Gasteiger partial charge is 0.224 e. The zero-order valence-corrected chi connectivity index (χ0v) is 11.6. The van der Waals surface area contributed by atoms with Crippen molar-refractivity contribution in [3.63, 3.8) is 0 Å². The first-order chi connectivity index (χ1) is 9.74. The van der Waals surface area contributed by atoms with Gasteiger partial charge in [0.2, 0.25) is 5.91 Å². The molecule has 0 aliphatic heterocycles. The van der Waals surface area contributed by atoms with Gasteiger partial charge in [-0.05, 0) is 43.7 Å². The maximum atomic E-state index is 12.3. The van der Waals surface area contributed by atoms with Gasteiger partial charge in [0.15, 0.2) is 0 Å². The Kier molecular flexibility index (Phi) is 2.59. The molecule has 1 amide bonds. The van der Waals surface area contributed by atoms with Gasteiger partial charge >= 0.3 is 0 Å². The van der Waals surface area contributed by atoms with Crippen LogP contribution in [0.2, 0.25) is 0 Å². The fraction of sp³-hybridized carbons (Fsp3) is 0.500. The van der Waals surface area contributed by atoms with E-state index < -0.39 is 0 Å². The Labute approximate surface area is 118 Å². The van der Waals surface area contributed by atoms with Gasteiger partial charge in [-0.1, -0.05) is 18.6 Å². The zero-order valence-electron chi connectivity index (χ0n) is 11.6. The lowest BCUT2D eigenvalue weighted by molar-refractivity contribution is -0.123. The number of rotatable bonds is 3. The van der Waals surface area contributed by atoms with Crippen molar-refractivity contribution in [1.82, 2.24) is 15.3 Å². The van der Waals surface area contributed by atoms with Crippen molar-refractivity contribution in [2.75, 3.05) is 0 Å². The van der Waals surface area contributed by atoms with Crippen molar-refractivity contribution in [2.45, 2.75) is 32.2 Å². The number of H-pyrrole nitrogens is 1. The van der Waals surface area contributed by atoms with Crippen LogP contribution in [0.25, 0.3) is 11.0 Å². The molecule has 2 aliphatic carbocycles. The van der Waals surface area contributed by atoms with Crippen molar-refractivity contribution in [3.8, 4) is 0 Å². The predicted molar refractivity (Wildman–Crippen MR) is 77.0 cm³/mol. The highest BCUT2D eigenvalue weighted by Crippen LogP contribution is 2.57. The highest BCUT2D eigenvalue weighted by Gasteiger charge is 2.56. The molecule has 4 heteroatoms. The Morgan fingerprint density at radius 1 is 1.35 bits per heavy atom. The van der Waals surface area contributed by atoms with E-state index in [1.54, 1.807) is 0 Å². The summed E-state index contributed by atoms with van der Waals surface area (Å²) < 4.78 is 0. The molecule has 3 unspecified atom stereocenters. The first-order valence-electron chi connectivity index (χ1n) is 7.49. The number of benzene rings is 1. The molecule has 104 valence electrons. The summed E-state index contributed by atoms with van der Waals surface area (Å²) in [5.74, 6) is 2.66. The molecule has 2 aromatic rings. The molecule has 2 saturated carbocycles. The van der Waals surface area contributed by atoms with Gasteiger partial charge < -0.3 is 10.3 Å². The SMILES string of the molecule is CC(NC(=O)C1C2CCCC21)c1nc2ccccc2[nH]1. The first-order valence-corrected chi connectivity index (χ1v) is 7.49. The van der Waals surface area contributed by atoms with Crippen molar-refractivity contribution in [1.29, 1.82) is 0 Å². The quantitative estimate of drug-likeness (QED) is 0.900. The van der Waals surface area contributed by atoms with E-state index in [1.165, 1.54) is 19.3 Å². The summed E-state index contributed by atoms with van der Waals surface area (Å²) in [6.45, 7) is 1.99. The highest BCUT2D eigenvalue weighted by molar-refractivity contribution is 5.83. The molecule has 0 spiro atoms. The van der Waals surface area contributed by atoms with Crippen LogP contribution < -0.4 is 5.32 Å². The van der Waals surface area contributed by atoms with E-state index >= 15 is 0 Å². The van der Waals surface area contributed by atoms with Crippen LogP contribution in [0.1, 0.15) is 38.1 Å². The Balaban J connectivity index is 1.47. The molecule has 1 heterocycles. The molecule has 1 aromatic heterocycles. The van der Waals surface area contributed by atoms with Crippen LogP contribution in [-0.4, -0.2) is 15.9 Å². The number of nitrogens with zero attached hydrogens (tertiary/aromatic N) is 1. The first kappa shape index (κ1) is 11.9. The molecule has 4 rings (SSSR count). The Morgan fingerprint density at radius 2 is 2.10 bits per heavy atom. The summed E-state index contributed by atoms with van der Waals surface area (Å²) in [4.78, 5) is 20.1. The van der Waals surface area contributed by atoms with E-state index in [-0.39, 0.29) is 17.9 Å². The standard InChI is InChI=1S/C16H19N3O/c1-9(15-18-12-7-2-3-8-13(12)19-15)17-16(20)14-10-5-4-6-11(10)14/h2-3,7-11,14H,4-6H2,1H3,(H,17,20)(H,18,19). The van der Waals surface area contributed by atoms with Crippen LogP contribution >= 0.6 is 0 Å². The highest BCUT2D eigenvalue weighted by atomic mass is 16.2. The minimum Gasteiger partial charge on any atom is -0.346 e. The molecule has 2 fully saturated rings. The molecule has 2 aliphatic rings. The Bertz CT molecular complexity index is 620. The molecular formula is C16H19N3O. The number of para-hydroxylation sites is 2. The minimum absolute atomic E-state index is 0.0590. The number of carbonyl (C=O) groups is 1. The molecular weight excluding hydrogens is 250 g/mol. The second-order valence-electron chi connectivity index (χ2n) is 6.15. The van der Waals surface area contributed by atoms with Crippen LogP contribution in [-0.2, 0) is 4.79 Å². The Hall–Kier alpha value is -1.84. The average molecular weight is 269 g/mol. The van der Waals surface area contributed by atoms with Crippen molar-refractivity contribution < 1.29 is 4.79 Å². The van der Waals surface area contributed by atoms with Crippen LogP contribution in [0.3, 0.4) is 0 Å². The van der Waals surface area contributed by atoms with Gasteiger partial charge in [0.25, 0.3) is 0 Å². The normalized spacial score (nSPS) is 29.1.